The summed E-state index contributed by atoms with van der Waals surface area (Å²) in [5.74, 6) is -1.57. The molecule has 108 valence electrons. The molecular formula is C11H16ClNO4S2. The van der Waals surface area contributed by atoms with Crippen LogP contribution in [0.15, 0.2) is 15.7 Å². The summed E-state index contributed by atoms with van der Waals surface area (Å²) in [7, 11) is -3.74. The van der Waals surface area contributed by atoms with Gasteiger partial charge in [-0.25, -0.2) is 13.1 Å². The van der Waals surface area contributed by atoms with Crippen LogP contribution in [0.5, 0.6) is 0 Å². The molecule has 0 fully saturated rings. The Labute approximate surface area is 121 Å². The topological polar surface area (TPSA) is 83.5 Å². The van der Waals surface area contributed by atoms with Crippen molar-refractivity contribution in [1.29, 1.82) is 0 Å². The SMILES string of the molecule is CC(C)CC(CNS(=O)(=O)c1sccc1Cl)C(=O)O. The minimum atomic E-state index is -3.74. The van der Waals surface area contributed by atoms with Crippen LogP contribution in [-0.2, 0) is 14.8 Å². The number of rotatable bonds is 7. The van der Waals surface area contributed by atoms with E-state index in [1.807, 2.05) is 13.8 Å². The average molecular weight is 326 g/mol. The molecule has 1 aromatic rings. The van der Waals surface area contributed by atoms with Crippen LogP contribution in [-0.4, -0.2) is 26.0 Å². The number of halogens is 1. The van der Waals surface area contributed by atoms with Crippen LogP contribution in [0.4, 0.5) is 0 Å². The fourth-order valence-corrected chi connectivity index (χ4v) is 4.40. The highest BCUT2D eigenvalue weighted by Crippen LogP contribution is 2.27. The van der Waals surface area contributed by atoms with Crippen molar-refractivity contribution in [2.45, 2.75) is 24.5 Å². The summed E-state index contributed by atoms with van der Waals surface area (Å²) in [6.45, 7) is 3.64. The number of carboxylic acid groups (broad SMARTS) is 1. The van der Waals surface area contributed by atoms with Crippen LogP contribution >= 0.6 is 22.9 Å². The number of carbonyl (C=O) groups is 1. The summed E-state index contributed by atoms with van der Waals surface area (Å²) in [6, 6.07) is 1.49. The predicted molar refractivity (Wildman–Crippen MR) is 75.1 cm³/mol. The van der Waals surface area contributed by atoms with Crippen LogP contribution in [0.25, 0.3) is 0 Å². The van der Waals surface area contributed by atoms with Gasteiger partial charge >= 0.3 is 5.97 Å². The molecule has 0 saturated heterocycles. The first-order valence-electron chi connectivity index (χ1n) is 5.69. The fraction of sp³-hybridized carbons (Fsp3) is 0.545. The molecule has 1 heterocycles. The third kappa shape index (κ3) is 4.76. The average Bonchev–Trinajstić information content (AvgIpc) is 2.70. The molecule has 0 aliphatic heterocycles. The summed E-state index contributed by atoms with van der Waals surface area (Å²) in [6.07, 6.45) is 0.413. The summed E-state index contributed by atoms with van der Waals surface area (Å²) in [4.78, 5) is 11.0. The van der Waals surface area contributed by atoms with E-state index < -0.39 is 21.9 Å². The number of hydrogen-bond acceptors (Lipinski definition) is 4. The molecule has 0 aromatic carbocycles. The van der Waals surface area contributed by atoms with Gasteiger partial charge < -0.3 is 5.11 Å². The first kappa shape index (κ1) is 16.4. The summed E-state index contributed by atoms with van der Waals surface area (Å²) in [5, 5.41) is 10.8. The van der Waals surface area contributed by atoms with Gasteiger partial charge in [0.15, 0.2) is 4.21 Å². The van der Waals surface area contributed by atoms with E-state index in [1.165, 1.54) is 6.07 Å². The number of carboxylic acids is 1. The Kier molecular flexibility index (Phi) is 5.79. The fourth-order valence-electron chi connectivity index (χ4n) is 1.59. The molecule has 0 aliphatic rings. The second-order valence-corrected chi connectivity index (χ2v) is 7.86. The molecule has 1 unspecified atom stereocenters. The van der Waals surface area contributed by atoms with Crippen LogP contribution in [0.2, 0.25) is 5.02 Å². The Bertz CT molecular complexity index is 539. The second kappa shape index (κ2) is 6.69. The van der Waals surface area contributed by atoms with E-state index in [1.54, 1.807) is 5.38 Å². The molecule has 1 atom stereocenters. The van der Waals surface area contributed by atoms with Gasteiger partial charge in [-0.05, 0) is 23.8 Å². The summed E-state index contributed by atoms with van der Waals surface area (Å²) < 4.78 is 26.2. The molecular weight excluding hydrogens is 310 g/mol. The normalized spacial score (nSPS) is 13.7. The maximum atomic E-state index is 11.9. The summed E-state index contributed by atoms with van der Waals surface area (Å²) >= 11 is 6.76. The van der Waals surface area contributed by atoms with Crippen LogP contribution in [0.3, 0.4) is 0 Å². The van der Waals surface area contributed by atoms with E-state index in [0.29, 0.717) is 6.42 Å². The first-order valence-corrected chi connectivity index (χ1v) is 8.43. The zero-order valence-corrected chi connectivity index (χ0v) is 13.0. The molecule has 0 saturated carbocycles. The van der Waals surface area contributed by atoms with Crippen molar-refractivity contribution in [2.24, 2.45) is 11.8 Å². The molecule has 19 heavy (non-hydrogen) atoms. The van der Waals surface area contributed by atoms with Crippen molar-refractivity contribution >= 4 is 38.9 Å². The van der Waals surface area contributed by atoms with Crippen LogP contribution < -0.4 is 4.72 Å². The Morgan fingerprint density at radius 1 is 1.53 bits per heavy atom. The standard InChI is InChI=1S/C11H16ClNO4S2/c1-7(2)5-8(10(14)15)6-13-19(16,17)11-9(12)3-4-18-11/h3-4,7-8,13H,5-6H2,1-2H3,(H,14,15). The van der Waals surface area contributed by atoms with Crippen molar-refractivity contribution in [3.8, 4) is 0 Å². The minimum absolute atomic E-state index is 0.0165. The van der Waals surface area contributed by atoms with Gasteiger partial charge in [-0.1, -0.05) is 25.4 Å². The van der Waals surface area contributed by atoms with Crippen molar-refractivity contribution in [3.05, 3.63) is 16.5 Å². The Morgan fingerprint density at radius 2 is 2.16 bits per heavy atom. The lowest BCUT2D eigenvalue weighted by Gasteiger charge is -2.15. The lowest BCUT2D eigenvalue weighted by Crippen LogP contribution is -2.33. The predicted octanol–water partition coefficient (Wildman–Crippen LogP) is 2.43. The second-order valence-electron chi connectivity index (χ2n) is 4.57. The number of sulfonamides is 1. The van der Waals surface area contributed by atoms with Gasteiger partial charge in [-0.15, -0.1) is 11.3 Å². The molecule has 0 radical (unpaired) electrons. The Hall–Kier alpha value is -0.630. The van der Waals surface area contributed by atoms with Gasteiger partial charge in [0, 0.05) is 6.54 Å². The lowest BCUT2D eigenvalue weighted by atomic mass is 9.98. The molecule has 0 bridgehead atoms. The van der Waals surface area contributed by atoms with E-state index in [9.17, 15) is 13.2 Å². The van der Waals surface area contributed by atoms with Gasteiger partial charge in [-0.3, -0.25) is 4.79 Å². The minimum Gasteiger partial charge on any atom is -0.481 e. The third-order valence-electron chi connectivity index (χ3n) is 2.45. The molecule has 0 aliphatic carbocycles. The largest absolute Gasteiger partial charge is 0.481 e. The zero-order valence-electron chi connectivity index (χ0n) is 10.6. The quantitative estimate of drug-likeness (QED) is 0.806. The van der Waals surface area contributed by atoms with E-state index in [0.717, 1.165) is 11.3 Å². The Morgan fingerprint density at radius 3 is 2.58 bits per heavy atom. The zero-order chi connectivity index (χ0) is 14.6. The van der Waals surface area contributed by atoms with Gasteiger partial charge in [0.2, 0.25) is 0 Å². The van der Waals surface area contributed by atoms with Crippen molar-refractivity contribution in [2.75, 3.05) is 6.54 Å². The van der Waals surface area contributed by atoms with E-state index in [2.05, 4.69) is 4.72 Å². The van der Waals surface area contributed by atoms with Gasteiger partial charge in [0.05, 0.1) is 10.9 Å². The monoisotopic (exact) mass is 325 g/mol. The van der Waals surface area contributed by atoms with Crippen LogP contribution in [0.1, 0.15) is 20.3 Å². The van der Waals surface area contributed by atoms with Gasteiger partial charge in [0.1, 0.15) is 0 Å². The highest BCUT2D eigenvalue weighted by molar-refractivity contribution is 7.91. The molecule has 1 aromatic heterocycles. The lowest BCUT2D eigenvalue weighted by molar-refractivity contribution is -0.142. The first-order chi connectivity index (χ1) is 8.74. The molecule has 2 N–H and O–H groups in total. The maximum Gasteiger partial charge on any atom is 0.307 e. The van der Waals surface area contributed by atoms with E-state index >= 15 is 0 Å². The number of thiophene rings is 1. The van der Waals surface area contributed by atoms with Crippen molar-refractivity contribution in [3.63, 3.8) is 0 Å². The number of aliphatic carboxylic acids is 1. The molecule has 0 amide bonds. The highest BCUT2D eigenvalue weighted by atomic mass is 35.5. The molecule has 5 nitrogen and oxygen atoms in total. The van der Waals surface area contributed by atoms with Gasteiger partial charge in [0.25, 0.3) is 10.0 Å². The molecule has 1 rings (SSSR count). The summed E-state index contributed by atoms with van der Waals surface area (Å²) in [5.41, 5.74) is 0. The van der Waals surface area contributed by atoms with Crippen molar-refractivity contribution < 1.29 is 18.3 Å². The number of nitrogens with one attached hydrogen (secondary N) is 1. The van der Waals surface area contributed by atoms with E-state index in [-0.39, 0.29) is 21.7 Å². The highest BCUT2D eigenvalue weighted by Gasteiger charge is 2.24. The Balaban J connectivity index is 2.74. The van der Waals surface area contributed by atoms with Crippen molar-refractivity contribution in [1.82, 2.24) is 4.72 Å². The third-order valence-corrected chi connectivity index (χ3v) is 5.90. The molecule has 0 spiro atoms. The smallest absolute Gasteiger partial charge is 0.307 e. The van der Waals surface area contributed by atoms with E-state index in [4.69, 9.17) is 16.7 Å². The van der Waals surface area contributed by atoms with Gasteiger partial charge in [-0.2, -0.15) is 0 Å². The maximum absolute atomic E-state index is 11.9. The molecule has 8 heteroatoms. The number of hydrogen-bond donors (Lipinski definition) is 2. The van der Waals surface area contributed by atoms with Crippen LogP contribution in [0, 0.1) is 11.8 Å².